The van der Waals surface area contributed by atoms with E-state index in [-0.39, 0.29) is 41.8 Å². The lowest BCUT2D eigenvalue weighted by Crippen LogP contribution is -2.32. The molecule has 0 bridgehead atoms. The number of ether oxygens (including phenoxy) is 3. The van der Waals surface area contributed by atoms with Gasteiger partial charge in [0.25, 0.3) is 5.91 Å². The van der Waals surface area contributed by atoms with E-state index in [2.05, 4.69) is 9.47 Å². The Morgan fingerprint density at radius 1 is 1.10 bits per heavy atom. The lowest BCUT2D eigenvalue weighted by Gasteiger charge is -2.31. The zero-order chi connectivity index (χ0) is 28.2. The standard InChI is InChI=1S/C26H21F5N2O6/c1-32(17-5-6-19-20(13-17)39-26(30,31)38-19)22(34)15-3-2-4-18(11-15)33-10-7-16(25(27,28)29)12-21(33)37-14-24(8-9-24)23(35)36/h2-7,11-13H,8-10,14H2,1H3,(H,35,36). The number of allylic oxidation sites excluding steroid dienone is 2. The van der Waals surface area contributed by atoms with Gasteiger partial charge in [-0.15, -0.1) is 8.78 Å². The van der Waals surface area contributed by atoms with Crippen LogP contribution in [0.3, 0.4) is 0 Å². The smallest absolute Gasteiger partial charge is 0.481 e. The number of carboxylic acids is 1. The average molecular weight is 552 g/mol. The third kappa shape index (κ3) is 5.20. The topological polar surface area (TPSA) is 88.5 Å². The largest absolute Gasteiger partial charge is 0.586 e. The van der Waals surface area contributed by atoms with E-state index in [4.69, 9.17) is 4.74 Å². The number of hydrogen-bond donors (Lipinski definition) is 1. The summed E-state index contributed by atoms with van der Waals surface area (Å²) in [5, 5.41) is 9.42. The second-order valence-corrected chi connectivity index (χ2v) is 9.34. The fourth-order valence-corrected chi connectivity index (χ4v) is 4.15. The second kappa shape index (κ2) is 9.17. The molecule has 0 aromatic heterocycles. The molecule has 2 heterocycles. The van der Waals surface area contributed by atoms with Crippen LogP contribution in [-0.2, 0) is 9.53 Å². The summed E-state index contributed by atoms with van der Waals surface area (Å²) in [7, 11) is 1.42. The molecule has 1 fully saturated rings. The maximum atomic E-state index is 13.4. The van der Waals surface area contributed by atoms with Gasteiger partial charge in [-0.05, 0) is 43.2 Å². The Bertz CT molecular complexity index is 1400. The first-order chi connectivity index (χ1) is 18.3. The summed E-state index contributed by atoms with van der Waals surface area (Å²) < 4.78 is 81.4. The van der Waals surface area contributed by atoms with Gasteiger partial charge in [-0.25, -0.2) is 0 Å². The molecule has 1 N–H and O–H groups in total. The molecule has 206 valence electrons. The number of alkyl halides is 5. The van der Waals surface area contributed by atoms with Crippen molar-refractivity contribution >= 4 is 23.3 Å². The predicted octanol–water partition coefficient (Wildman–Crippen LogP) is 5.32. The number of anilines is 2. The zero-order valence-electron chi connectivity index (χ0n) is 20.3. The van der Waals surface area contributed by atoms with Gasteiger partial charge in [-0.3, -0.25) is 9.59 Å². The number of benzene rings is 2. The Labute approximate surface area is 218 Å². The lowest BCUT2D eigenvalue weighted by atomic mass is 10.1. The summed E-state index contributed by atoms with van der Waals surface area (Å²) in [5.74, 6) is -2.25. The summed E-state index contributed by atoms with van der Waals surface area (Å²) in [6, 6.07) is 9.86. The van der Waals surface area contributed by atoms with Crippen LogP contribution in [-0.4, -0.2) is 49.7 Å². The summed E-state index contributed by atoms with van der Waals surface area (Å²) in [5.41, 5.74) is -1.38. The molecule has 0 radical (unpaired) electrons. The van der Waals surface area contributed by atoms with Gasteiger partial charge < -0.3 is 29.1 Å². The quantitative estimate of drug-likeness (QED) is 0.466. The second-order valence-electron chi connectivity index (χ2n) is 9.34. The molecule has 8 nitrogen and oxygen atoms in total. The van der Waals surface area contributed by atoms with E-state index in [0.717, 1.165) is 12.2 Å². The van der Waals surface area contributed by atoms with Crippen LogP contribution in [0.1, 0.15) is 23.2 Å². The molecule has 1 aliphatic carbocycles. The summed E-state index contributed by atoms with van der Waals surface area (Å²) in [6.45, 7) is -0.551. The van der Waals surface area contributed by atoms with Crippen LogP contribution in [0.5, 0.6) is 11.5 Å². The maximum Gasteiger partial charge on any atom is 0.586 e. The van der Waals surface area contributed by atoms with Crippen molar-refractivity contribution < 1.29 is 50.9 Å². The molecular formula is C26H21F5N2O6. The minimum absolute atomic E-state index is 0.146. The number of amides is 1. The van der Waals surface area contributed by atoms with Crippen LogP contribution in [0.4, 0.5) is 33.3 Å². The van der Waals surface area contributed by atoms with Crippen molar-refractivity contribution in [2.45, 2.75) is 25.3 Å². The van der Waals surface area contributed by atoms with Gasteiger partial charge in [0.15, 0.2) is 17.4 Å². The number of rotatable bonds is 7. The van der Waals surface area contributed by atoms with Gasteiger partial charge in [0.2, 0.25) is 0 Å². The third-order valence-corrected chi connectivity index (χ3v) is 6.65. The molecule has 2 aliphatic heterocycles. The average Bonchev–Trinajstić information content (AvgIpc) is 3.61. The van der Waals surface area contributed by atoms with Crippen LogP contribution < -0.4 is 19.3 Å². The van der Waals surface area contributed by atoms with Crippen molar-refractivity contribution in [2.24, 2.45) is 5.41 Å². The first kappa shape index (κ1) is 26.3. The monoisotopic (exact) mass is 552 g/mol. The van der Waals surface area contributed by atoms with Gasteiger partial charge >= 0.3 is 18.4 Å². The minimum atomic E-state index is -4.64. The Morgan fingerprint density at radius 2 is 1.82 bits per heavy atom. The lowest BCUT2D eigenvalue weighted by molar-refractivity contribution is -0.286. The van der Waals surface area contributed by atoms with Crippen molar-refractivity contribution in [3.05, 3.63) is 71.6 Å². The fraction of sp³-hybridized carbons (Fsp3) is 0.308. The molecular weight excluding hydrogens is 531 g/mol. The van der Waals surface area contributed by atoms with Gasteiger partial charge in [0, 0.05) is 42.7 Å². The molecule has 0 unspecified atom stereocenters. The number of hydrogen-bond acceptors (Lipinski definition) is 6. The molecule has 0 atom stereocenters. The molecule has 13 heteroatoms. The van der Waals surface area contributed by atoms with E-state index in [9.17, 15) is 36.6 Å². The molecule has 2 aromatic carbocycles. The first-order valence-electron chi connectivity index (χ1n) is 11.7. The highest BCUT2D eigenvalue weighted by atomic mass is 19.4. The van der Waals surface area contributed by atoms with E-state index in [1.807, 2.05) is 0 Å². The van der Waals surface area contributed by atoms with E-state index in [1.165, 1.54) is 53.2 Å². The molecule has 2 aromatic rings. The number of fused-ring (bicyclic) bond motifs is 1. The zero-order valence-corrected chi connectivity index (χ0v) is 20.3. The van der Waals surface area contributed by atoms with E-state index < -0.39 is 35.3 Å². The normalized spacial score (nSPS) is 18.7. The summed E-state index contributed by atoms with van der Waals surface area (Å²) in [4.78, 5) is 27.3. The van der Waals surface area contributed by atoms with Crippen LogP contribution in [0.25, 0.3) is 0 Å². The molecule has 1 saturated carbocycles. The number of halogens is 5. The number of nitrogens with zero attached hydrogens (tertiary/aromatic N) is 2. The Kier molecular flexibility index (Phi) is 6.19. The van der Waals surface area contributed by atoms with Gasteiger partial charge in [0.05, 0.1) is 5.57 Å². The van der Waals surface area contributed by atoms with E-state index >= 15 is 0 Å². The number of carbonyl (C=O) groups excluding carboxylic acids is 1. The first-order valence-corrected chi connectivity index (χ1v) is 11.7. The minimum Gasteiger partial charge on any atom is -0.481 e. The predicted molar refractivity (Wildman–Crippen MR) is 127 cm³/mol. The highest BCUT2D eigenvalue weighted by molar-refractivity contribution is 6.06. The van der Waals surface area contributed by atoms with Crippen molar-refractivity contribution in [1.82, 2.24) is 0 Å². The van der Waals surface area contributed by atoms with Gasteiger partial charge in [-0.2, -0.15) is 13.2 Å². The highest BCUT2D eigenvalue weighted by Crippen LogP contribution is 2.47. The Balaban J connectivity index is 1.38. The molecule has 1 amide bonds. The van der Waals surface area contributed by atoms with E-state index in [0.29, 0.717) is 18.5 Å². The molecule has 3 aliphatic rings. The maximum absolute atomic E-state index is 13.4. The van der Waals surface area contributed by atoms with Crippen LogP contribution in [0, 0.1) is 5.41 Å². The van der Waals surface area contributed by atoms with Crippen LogP contribution in [0.2, 0.25) is 0 Å². The van der Waals surface area contributed by atoms with Crippen molar-refractivity contribution in [3.63, 3.8) is 0 Å². The van der Waals surface area contributed by atoms with Gasteiger partial charge in [0.1, 0.15) is 12.0 Å². The van der Waals surface area contributed by atoms with Crippen molar-refractivity contribution in [3.8, 4) is 11.5 Å². The summed E-state index contributed by atoms with van der Waals surface area (Å²) >= 11 is 0. The van der Waals surface area contributed by atoms with Gasteiger partial charge in [-0.1, -0.05) is 12.1 Å². The Hall–Kier alpha value is -4.29. The molecule has 39 heavy (non-hydrogen) atoms. The fourth-order valence-electron chi connectivity index (χ4n) is 4.15. The molecule has 0 saturated heterocycles. The molecule has 5 rings (SSSR count). The number of carboxylic acid groups (broad SMARTS) is 1. The highest BCUT2D eigenvalue weighted by Gasteiger charge is 2.51. The number of carbonyl (C=O) groups is 2. The van der Waals surface area contributed by atoms with Crippen molar-refractivity contribution in [1.29, 1.82) is 0 Å². The van der Waals surface area contributed by atoms with Crippen LogP contribution in [0.15, 0.2) is 66.1 Å². The number of aliphatic carboxylic acids is 1. The summed E-state index contributed by atoms with van der Waals surface area (Å²) in [6.07, 6.45) is -6.00. The third-order valence-electron chi connectivity index (χ3n) is 6.65. The Morgan fingerprint density at radius 3 is 2.49 bits per heavy atom. The van der Waals surface area contributed by atoms with E-state index in [1.54, 1.807) is 6.07 Å². The van der Waals surface area contributed by atoms with Crippen molar-refractivity contribution in [2.75, 3.05) is 30.0 Å². The SMILES string of the molecule is CN(C(=O)c1cccc(N2CC=C(C(F)(F)F)C=C2OCC2(C(=O)O)CC2)c1)c1ccc2c(c1)OC(F)(F)O2. The van der Waals surface area contributed by atoms with Crippen LogP contribution >= 0.6 is 0 Å². The molecule has 0 spiro atoms.